The summed E-state index contributed by atoms with van der Waals surface area (Å²) in [5.41, 5.74) is 6.34. The normalized spacial score (nSPS) is 14.2. The van der Waals surface area contributed by atoms with Crippen molar-refractivity contribution in [2.24, 2.45) is 5.73 Å². The van der Waals surface area contributed by atoms with Crippen molar-refractivity contribution in [3.8, 4) is 0 Å². The monoisotopic (exact) mass is 281 g/mol. The minimum Gasteiger partial charge on any atom is -0.468 e. The maximum absolute atomic E-state index is 11.4. The zero-order chi connectivity index (χ0) is 14.5. The first-order valence-electron chi connectivity index (χ1n) is 6.47. The first-order valence-corrected chi connectivity index (χ1v) is 7.45. The Balaban J connectivity index is 2.47. The van der Waals surface area contributed by atoms with Gasteiger partial charge < -0.3 is 10.5 Å². The van der Waals surface area contributed by atoms with Crippen LogP contribution < -0.4 is 5.73 Å². The van der Waals surface area contributed by atoms with Gasteiger partial charge in [-0.1, -0.05) is 26.0 Å². The van der Waals surface area contributed by atoms with E-state index in [1.165, 1.54) is 17.6 Å². The summed E-state index contributed by atoms with van der Waals surface area (Å²) in [6.07, 6.45) is 0.594. The van der Waals surface area contributed by atoms with E-state index in [9.17, 15) is 4.79 Å². The minimum atomic E-state index is -0.903. The van der Waals surface area contributed by atoms with Crippen molar-refractivity contribution in [1.29, 1.82) is 0 Å². The maximum Gasteiger partial charge on any atom is 0.325 e. The molecule has 4 heteroatoms. The average Bonchev–Trinajstić information content (AvgIpc) is 2.38. The summed E-state index contributed by atoms with van der Waals surface area (Å²) in [6, 6.07) is 8.53. The second-order valence-electron chi connectivity index (χ2n) is 5.23. The number of rotatable bonds is 6. The highest BCUT2D eigenvalue weighted by atomic mass is 32.2. The minimum absolute atomic E-state index is 0.358. The summed E-state index contributed by atoms with van der Waals surface area (Å²) in [6.45, 7) is 6.07. The van der Waals surface area contributed by atoms with Crippen LogP contribution in [-0.4, -0.2) is 24.4 Å². The first kappa shape index (κ1) is 16.1. The Morgan fingerprint density at radius 1 is 1.37 bits per heavy atom. The van der Waals surface area contributed by atoms with Crippen molar-refractivity contribution >= 4 is 17.7 Å². The van der Waals surface area contributed by atoms with Crippen LogP contribution in [0.5, 0.6) is 0 Å². The van der Waals surface area contributed by atoms with Crippen molar-refractivity contribution in [2.75, 3.05) is 12.9 Å². The summed E-state index contributed by atoms with van der Waals surface area (Å²) in [7, 11) is 1.37. The Bertz CT molecular complexity index is 413. The predicted molar refractivity (Wildman–Crippen MR) is 80.5 cm³/mol. The van der Waals surface area contributed by atoms with Crippen LogP contribution in [0.15, 0.2) is 29.2 Å². The largest absolute Gasteiger partial charge is 0.468 e. The molecule has 0 heterocycles. The van der Waals surface area contributed by atoms with Gasteiger partial charge in [0.1, 0.15) is 5.54 Å². The van der Waals surface area contributed by atoms with E-state index in [1.807, 2.05) is 0 Å². The Labute approximate surface area is 119 Å². The van der Waals surface area contributed by atoms with Gasteiger partial charge in [0.15, 0.2) is 0 Å². The highest BCUT2D eigenvalue weighted by Gasteiger charge is 2.28. The van der Waals surface area contributed by atoms with Gasteiger partial charge >= 0.3 is 5.97 Å². The molecule has 1 atom stereocenters. The molecular formula is C15H23NO2S. The number of hydrogen-bond acceptors (Lipinski definition) is 4. The van der Waals surface area contributed by atoms with Crippen molar-refractivity contribution in [1.82, 2.24) is 0 Å². The van der Waals surface area contributed by atoms with Gasteiger partial charge in [-0.05, 0) is 37.0 Å². The molecule has 0 aliphatic rings. The third kappa shape index (κ3) is 4.88. The molecule has 1 aromatic rings. The van der Waals surface area contributed by atoms with Gasteiger partial charge in [0.2, 0.25) is 0 Å². The van der Waals surface area contributed by atoms with Crippen molar-refractivity contribution in [3.63, 3.8) is 0 Å². The molecule has 0 fully saturated rings. The van der Waals surface area contributed by atoms with E-state index in [4.69, 9.17) is 5.73 Å². The number of thioether (sulfide) groups is 1. The third-order valence-electron chi connectivity index (χ3n) is 3.09. The van der Waals surface area contributed by atoms with E-state index < -0.39 is 5.54 Å². The van der Waals surface area contributed by atoms with E-state index in [2.05, 4.69) is 42.8 Å². The fraction of sp³-hybridized carbons (Fsp3) is 0.533. The molecule has 19 heavy (non-hydrogen) atoms. The van der Waals surface area contributed by atoms with Crippen LogP contribution in [0.25, 0.3) is 0 Å². The van der Waals surface area contributed by atoms with Crippen molar-refractivity contribution in [2.45, 2.75) is 43.5 Å². The van der Waals surface area contributed by atoms with Crippen LogP contribution >= 0.6 is 11.8 Å². The molecule has 0 spiro atoms. The molecule has 1 rings (SSSR count). The zero-order valence-corrected chi connectivity index (χ0v) is 12.9. The molecule has 1 aromatic carbocycles. The highest BCUT2D eigenvalue weighted by molar-refractivity contribution is 7.99. The highest BCUT2D eigenvalue weighted by Crippen LogP contribution is 2.24. The molecular weight excluding hydrogens is 258 g/mol. The molecule has 0 saturated heterocycles. The molecule has 0 bridgehead atoms. The number of hydrogen-bond donors (Lipinski definition) is 1. The average molecular weight is 281 g/mol. The molecule has 2 N–H and O–H groups in total. The number of carbonyl (C=O) groups excluding carboxylic acids is 1. The number of nitrogens with two attached hydrogens (primary N) is 1. The number of carbonyl (C=O) groups is 1. The summed E-state index contributed by atoms with van der Waals surface area (Å²) < 4.78 is 4.69. The molecule has 0 aliphatic heterocycles. The van der Waals surface area contributed by atoms with Gasteiger partial charge in [0, 0.05) is 10.6 Å². The fourth-order valence-corrected chi connectivity index (χ4v) is 2.76. The second-order valence-corrected chi connectivity index (χ2v) is 6.40. The van der Waals surface area contributed by atoms with E-state index in [0.717, 1.165) is 5.75 Å². The lowest BCUT2D eigenvalue weighted by Crippen LogP contribution is -2.46. The van der Waals surface area contributed by atoms with Crippen LogP contribution in [0.1, 0.15) is 38.7 Å². The van der Waals surface area contributed by atoms with Crippen molar-refractivity contribution < 1.29 is 9.53 Å². The molecule has 0 saturated carbocycles. The Morgan fingerprint density at radius 2 is 1.95 bits per heavy atom. The lowest BCUT2D eigenvalue weighted by atomic mass is 10.0. The van der Waals surface area contributed by atoms with Gasteiger partial charge in [-0.2, -0.15) is 0 Å². The number of esters is 1. The van der Waals surface area contributed by atoms with E-state index in [1.54, 1.807) is 18.7 Å². The van der Waals surface area contributed by atoms with E-state index >= 15 is 0 Å². The predicted octanol–water partition coefficient (Wildman–Crippen LogP) is 3.18. The van der Waals surface area contributed by atoms with Gasteiger partial charge in [-0.15, -0.1) is 11.8 Å². The quantitative estimate of drug-likeness (QED) is 0.642. The van der Waals surface area contributed by atoms with Crippen molar-refractivity contribution in [3.05, 3.63) is 29.8 Å². The third-order valence-corrected chi connectivity index (χ3v) is 4.10. The Morgan fingerprint density at radius 3 is 2.42 bits per heavy atom. The molecule has 1 unspecified atom stereocenters. The van der Waals surface area contributed by atoms with Crippen LogP contribution in [0.2, 0.25) is 0 Å². The number of ether oxygens (including phenoxy) is 1. The van der Waals surface area contributed by atoms with E-state index in [-0.39, 0.29) is 5.97 Å². The molecule has 0 radical (unpaired) electrons. The van der Waals surface area contributed by atoms with Crippen LogP contribution in [0.3, 0.4) is 0 Å². The molecule has 0 aliphatic carbocycles. The standard InChI is InChI=1S/C15H23NO2S/c1-11(2)12-5-7-13(8-6-12)19-10-9-15(3,16)14(17)18-4/h5-8,11H,9-10,16H2,1-4H3. The molecule has 0 aromatic heterocycles. The Kier molecular flexibility index (Phi) is 5.88. The lowest BCUT2D eigenvalue weighted by Gasteiger charge is -2.20. The SMILES string of the molecule is COC(=O)C(C)(N)CCSc1ccc(C(C)C)cc1. The second kappa shape index (κ2) is 6.96. The maximum atomic E-state index is 11.4. The Hall–Kier alpha value is -1.00. The van der Waals surface area contributed by atoms with E-state index in [0.29, 0.717) is 12.3 Å². The summed E-state index contributed by atoms with van der Waals surface area (Å²) in [4.78, 5) is 12.6. The molecule has 0 amide bonds. The smallest absolute Gasteiger partial charge is 0.325 e. The molecule has 106 valence electrons. The van der Waals surface area contributed by atoms with Crippen LogP contribution in [0, 0.1) is 0 Å². The number of methoxy groups -OCH3 is 1. The van der Waals surface area contributed by atoms with Crippen LogP contribution in [0.4, 0.5) is 0 Å². The van der Waals surface area contributed by atoms with Gasteiger partial charge in [0.05, 0.1) is 7.11 Å². The summed E-state index contributed by atoms with van der Waals surface area (Å²) in [5, 5.41) is 0. The van der Waals surface area contributed by atoms with Crippen LogP contribution in [-0.2, 0) is 9.53 Å². The number of benzene rings is 1. The zero-order valence-electron chi connectivity index (χ0n) is 12.1. The summed E-state index contributed by atoms with van der Waals surface area (Å²) >= 11 is 1.71. The fourth-order valence-electron chi connectivity index (χ4n) is 1.67. The van der Waals surface area contributed by atoms with Gasteiger partial charge in [-0.25, -0.2) is 0 Å². The lowest BCUT2D eigenvalue weighted by molar-refractivity contribution is -0.146. The summed E-state index contributed by atoms with van der Waals surface area (Å²) in [5.74, 6) is 0.984. The van der Waals surface area contributed by atoms with Gasteiger partial charge in [0.25, 0.3) is 0 Å². The van der Waals surface area contributed by atoms with Gasteiger partial charge in [-0.3, -0.25) is 4.79 Å². The molecule has 3 nitrogen and oxygen atoms in total. The first-order chi connectivity index (χ1) is 8.86. The topological polar surface area (TPSA) is 52.3 Å².